The largest absolute Gasteiger partial charge is 0.497 e. The van der Waals surface area contributed by atoms with Gasteiger partial charge in [0.05, 0.1) is 12.7 Å². The standard InChI is InChI=1S/C27H25FN2O3/c1-33-21-10-5-7-19(17-21)18-29-13-15-30(16-14-29)27(20-8-3-2-4-9-20)25(31)22-11-6-12-23(28)24(22)26(27)32/h2-12,17H,13-16,18H2,1H3. The van der Waals surface area contributed by atoms with Crippen LogP contribution < -0.4 is 4.74 Å². The molecule has 1 unspecified atom stereocenters. The van der Waals surface area contributed by atoms with Crippen LogP contribution in [0, 0.1) is 5.82 Å². The first-order valence-electron chi connectivity index (χ1n) is 11.1. The number of rotatable bonds is 5. The molecule has 0 aromatic heterocycles. The Bertz CT molecular complexity index is 1200. The molecule has 1 aliphatic carbocycles. The highest BCUT2D eigenvalue weighted by Crippen LogP contribution is 2.43. The average molecular weight is 445 g/mol. The number of methoxy groups -OCH3 is 1. The lowest BCUT2D eigenvalue weighted by molar-refractivity contribution is 0.0278. The van der Waals surface area contributed by atoms with Gasteiger partial charge in [-0.2, -0.15) is 0 Å². The number of hydrogen-bond donors (Lipinski definition) is 0. The summed E-state index contributed by atoms with van der Waals surface area (Å²) >= 11 is 0. The summed E-state index contributed by atoms with van der Waals surface area (Å²) in [5, 5.41) is 0. The second-order valence-corrected chi connectivity index (χ2v) is 8.51. The fourth-order valence-electron chi connectivity index (χ4n) is 5.10. The zero-order chi connectivity index (χ0) is 23.0. The number of Topliss-reactive ketones (excluding diaryl/α,β-unsaturated/α-hetero) is 2. The Morgan fingerprint density at radius 1 is 0.879 bits per heavy atom. The summed E-state index contributed by atoms with van der Waals surface area (Å²) in [6, 6.07) is 21.3. The van der Waals surface area contributed by atoms with Gasteiger partial charge in [-0.3, -0.25) is 19.4 Å². The lowest BCUT2D eigenvalue weighted by atomic mass is 9.82. The van der Waals surface area contributed by atoms with Crippen molar-refractivity contribution in [2.75, 3.05) is 33.3 Å². The summed E-state index contributed by atoms with van der Waals surface area (Å²) in [4.78, 5) is 31.8. The number of halogens is 1. The molecule has 1 heterocycles. The second kappa shape index (κ2) is 8.54. The average Bonchev–Trinajstić information content (AvgIpc) is 3.08. The van der Waals surface area contributed by atoms with E-state index in [2.05, 4.69) is 11.0 Å². The van der Waals surface area contributed by atoms with E-state index in [-0.39, 0.29) is 16.9 Å². The van der Waals surface area contributed by atoms with Gasteiger partial charge in [0.25, 0.3) is 0 Å². The molecule has 0 saturated carbocycles. The Balaban J connectivity index is 1.45. The molecule has 6 heteroatoms. The second-order valence-electron chi connectivity index (χ2n) is 8.51. The zero-order valence-corrected chi connectivity index (χ0v) is 18.5. The molecule has 33 heavy (non-hydrogen) atoms. The van der Waals surface area contributed by atoms with Crippen LogP contribution in [0.3, 0.4) is 0 Å². The van der Waals surface area contributed by atoms with Crippen LogP contribution in [0.4, 0.5) is 4.39 Å². The number of hydrogen-bond acceptors (Lipinski definition) is 5. The molecular weight excluding hydrogens is 419 g/mol. The maximum absolute atomic E-state index is 14.7. The van der Waals surface area contributed by atoms with Crippen LogP contribution >= 0.6 is 0 Å². The van der Waals surface area contributed by atoms with Crippen LogP contribution in [-0.4, -0.2) is 54.7 Å². The molecule has 1 saturated heterocycles. The van der Waals surface area contributed by atoms with Gasteiger partial charge in [-0.15, -0.1) is 0 Å². The van der Waals surface area contributed by atoms with Crippen LogP contribution in [0.1, 0.15) is 31.8 Å². The molecule has 0 spiro atoms. The van der Waals surface area contributed by atoms with Crippen LogP contribution in [-0.2, 0) is 12.1 Å². The number of fused-ring (bicyclic) bond motifs is 1. The molecule has 1 aliphatic heterocycles. The first kappa shape index (κ1) is 21.5. The number of nitrogens with zero attached hydrogens (tertiary/aromatic N) is 2. The zero-order valence-electron chi connectivity index (χ0n) is 18.5. The highest BCUT2D eigenvalue weighted by Gasteiger charge is 2.59. The molecule has 0 N–H and O–H groups in total. The predicted octanol–water partition coefficient (Wildman–Crippen LogP) is 3.93. The molecular formula is C27H25FN2O3. The Morgan fingerprint density at radius 2 is 1.61 bits per heavy atom. The quantitative estimate of drug-likeness (QED) is 0.559. The monoisotopic (exact) mass is 444 g/mol. The lowest BCUT2D eigenvalue weighted by Crippen LogP contribution is -2.60. The normalized spacial score (nSPS) is 21.3. The molecule has 5 rings (SSSR count). The number of piperazine rings is 1. The van der Waals surface area contributed by atoms with E-state index in [1.807, 2.05) is 41.3 Å². The number of benzene rings is 3. The van der Waals surface area contributed by atoms with Gasteiger partial charge in [0.2, 0.25) is 0 Å². The van der Waals surface area contributed by atoms with Gasteiger partial charge in [-0.25, -0.2) is 4.39 Å². The highest BCUT2D eigenvalue weighted by atomic mass is 19.1. The van der Waals surface area contributed by atoms with Gasteiger partial charge in [0.15, 0.2) is 17.1 Å². The summed E-state index contributed by atoms with van der Waals surface area (Å²) in [7, 11) is 1.65. The third-order valence-electron chi connectivity index (χ3n) is 6.72. The Labute approximate surface area is 192 Å². The van der Waals surface area contributed by atoms with Crippen LogP contribution in [0.2, 0.25) is 0 Å². The van der Waals surface area contributed by atoms with Crippen molar-refractivity contribution >= 4 is 11.6 Å². The van der Waals surface area contributed by atoms with Crippen molar-refractivity contribution in [3.05, 3.63) is 101 Å². The summed E-state index contributed by atoms with van der Waals surface area (Å²) in [5.74, 6) is -0.626. The van der Waals surface area contributed by atoms with Crippen molar-refractivity contribution in [2.45, 2.75) is 12.1 Å². The smallest absolute Gasteiger partial charge is 0.199 e. The summed E-state index contributed by atoms with van der Waals surface area (Å²) < 4.78 is 20.0. The van der Waals surface area contributed by atoms with Crippen molar-refractivity contribution < 1.29 is 18.7 Å². The number of ether oxygens (including phenoxy) is 1. The molecule has 3 aromatic carbocycles. The van der Waals surface area contributed by atoms with Gasteiger partial charge < -0.3 is 4.74 Å². The molecule has 1 atom stereocenters. The minimum Gasteiger partial charge on any atom is -0.497 e. The third kappa shape index (κ3) is 3.46. The van der Waals surface area contributed by atoms with Gasteiger partial charge in [-0.1, -0.05) is 54.6 Å². The van der Waals surface area contributed by atoms with Crippen molar-refractivity contribution in [3.63, 3.8) is 0 Å². The molecule has 1 fully saturated rings. The Morgan fingerprint density at radius 3 is 2.30 bits per heavy atom. The van der Waals surface area contributed by atoms with Gasteiger partial charge in [0, 0.05) is 38.3 Å². The lowest BCUT2D eigenvalue weighted by Gasteiger charge is -2.44. The van der Waals surface area contributed by atoms with E-state index < -0.39 is 17.1 Å². The summed E-state index contributed by atoms with van der Waals surface area (Å²) in [5.41, 5.74) is 0.293. The van der Waals surface area contributed by atoms with E-state index in [1.165, 1.54) is 12.1 Å². The van der Waals surface area contributed by atoms with Gasteiger partial charge in [0.1, 0.15) is 11.6 Å². The molecule has 0 bridgehead atoms. The van der Waals surface area contributed by atoms with E-state index >= 15 is 0 Å². The maximum atomic E-state index is 14.7. The van der Waals surface area contributed by atoms with E-state index in [9.17, 15) is 14.0 Å². The van der Waals surface area contributed by atoms with Gasteiger partial charge in [-0.05, 0) is 29.3 Å². The van der Waals surface area contributed by atoms with E-state index in [1.54, 1.807) is 25.3 Å². The van der Waals surface area contributed by atoms with Gasteiger partial charge >= 0.3 is 0 Å². The fraction of sp³-hybridized carbons (Fsp3) is 0.259. The van der Waals surface area contributed by atoms with Crippen LogP contribution in [0.25, 0.3) is 0 Å². The van der Waals surface area contributed by atoms with Crippen molar-refractivity contribution in [1.82, 2.24) is 9.80 Å². The highest BCUT2D eigenvalue weighted by molar-refractivity contribution is 6.33. The summed E-state index contributed by atoms with van der Waals surface area (Å²) in [6.45, 7) is 3.16. The molecule has 168 valence electrons. The fourth-order valence-corrected chi connectivity index (χ4v) is 5.10. The van der Waals surface area contributed by atoms with Crippen molar-refractivity contribution in [3.8, 4) is 5.75 Å². The van der Waals surface area contributed by atoms with Crippen LogP contribution in [0.5, 0.6) is 5.75 Å². The Kier molecular flexibility index (Phi) is 5.56. The number of ketones is 2. The SMILES string of the molecule is COc1cccc(CN2CCN(C3(c4ccccc4)C(=O)c4cccc(F)c4C3=O)CC2)c1. The first-order valence-corrected chi connectivity index (χ1v) is 11.1. The molecule has 0 amide bonds. The minimum atomic E-state index is -1.52. The van der Waals surface area contributed by atoms with E-state index in [0.29, 0.717) is 31.7 Å². The number of carbonyl (C=O) groups is 2. The van der Waals surface area contributed by atoms with Crippen molar-refractivity contribution in [1.29, 1.82) is 0 Å². The van der Waals surface area contributed by atoms with E-state index in [4.69, 9.17) is 4.74 Å². The molecule has 3 aromatic rings. The molecule has 2 aliphatic rings. The maximum Gasteiger partial charge on any atom is 0.199 e. The number of carbonyl (C=O) groups excluding carboxylic acids is 2. The molecule has 5 nitrogen and oxygen atoms in total. The Hall–Kier alpha value is -3.35. The van der Waals surface area contributed by atoms with Crippen LogP contribution in [0.15, 0.2) is 72.8 Å². The first-order chi connectivity index (χ1) is 16.1. The summed E-state index contributed by atoms with van der Waals surface area (Å²) in [6.07, 6.45) is 0. The minimum absolute atomic E-state index is 0.0924. The third-order valence-corrected chi connectivity index (χ3v) is 6.72. The molecule has 0 radical (unpaired) electrons. The van der Waals surface area contributed by atoms with Crippen molar-refractivity contribution in [2.24, 2.45) is 0 Å². The van der Waals surface area contributed by atoms with E-state index in [0.717, 1.165) is 17.9 Å². The topological polar surface area (TPSA) is 49.9 Å². The predicted molar refractivity (Wildman–Crippen MR) is 123 cm³/mol.